The van der Waals surface area contributed by atoms with Crippen molar-refractivity contribution in [1.29, 1.82) is 0 Å². The summed E-state index contributed by atoms with van der Waals surface area (Å²) in [5.41, 5.74) is 7.21. The Morgan fingerprint density at radius 3 is 2.79 bits per heavy atom. The lowest BCUT2D eigenvalue weighted by atomic mass is 10.0. The van der Waals surface area contributed by atoms with E-state index in [1.807, 2.05) is 10.9 Å². The van der Waals surface area contributed by atoms with Gasteiger partial charge in [-0.15, -0.1) is 0 Å². The lowest BCUT2D eigenvalue weighted by Gasteiger charge is -2.11. The van der Waals surface area contributed by atoms with Crippen LogP contribution >= 0.6 is 0 Å². The quantitative estimate of drug-likeness (QED) is 0.783. The van der Waals surface area contributed by atoms with Crippen LogP contribution in [0.1, 0.15) is 45.2 Å². The number of hydrogen-bond donors (Lipinski definition) is 1. The molecule has 0 saturated heterocycles. The highest BCUT2D eigenvalue weighted by atomic mass is 15.3. The SMILES string of the molecule is CCCn1cc(C(N)CC(C)C)cn1. The van der Waals surface area contributed by atoms with Gasteiger partial charge < -0.3 is 5.73 Å². The number of nitrogens with two attached hydrogens (primary N) is 1. The second-order valence-electron chi connectivity index (χ2n) is 4.27. The van der Waals surface area contributed by atoms with E-state index in [0.29, 0.717) is 5.92 Å². The predicted octanol–water partition coefficient (Wildman–Crippen LogP) is 2.34. The fourth-order valence-corrected chi connectivity index (χ4v) is 1.57. The van der Waals surface area contributed by atoms with E-state index in [9.17, 15) is 0 Å². The van der Waals surface area contributed by atoms with E-state index in [1.165, 1.54) is 0 Å². The molecule has 3 nitrogen and oxygen atoms in total. The first-order valence-corrected chi connectivity index (χ1v) is 5.41. The average Bonchev–Trinajstić information content (AvgIpc) is 2.52. The highest BCUT2D eigenvalue weighted by Crippen LogP contribution is 2.17. The van der Waals surface area contributed by atoms with E-state index in [0.717, 1.165) is 24.9 Å². The fraction of sp³-hybridized carbons (Fsp3) is 0.727. The van der Waals surface area contributed by atoms with Crippen LogP contribution in [0.4, 0.5) is 0 Å². The van der Waals surface area contributed by atoms with Crippen LogP contribution in [0.25, 0.3) is 0 Å². The molecule has 14 heavy (non-hydrogen) atoms. The summed E-state index contributed by atoms with van der Waals surface area (Å²) in [6.07, 6.45) is 6.09. The van der Waals surface area contributed by atoms with E-state index in [2.05, 4.69) is 32.1 Å². The lowest BCUT2D eigenvalue weighted by Crippen LogP contribution is -2.12. The minimum absolute atomic E-state index is 0.139. The van der Waals surface area contributed by atoms with Crippen molar-refractivity contribution >= 4 is 0 Å². The van der Waals surface area contributed by atoms with Gasteiger partial charge in [0.1, 0.15) is 0 Å². The van der Waals surface area contributed by atoms with Gasteiger partial charge in [0.15, 0.2) is 0 Å². The van der Waals surface area contributed by atoms with Crippen molar-refractivity contribution in [1.82, 2.24) is 9.78 Å². The molecule has 1 aromatic rings. The van der Waals surface area contributed by atoms with Gasteiger partial charge in [0, 0.05) is 24.3 Å². The Bertz CT molecular complexity index is 265. The molecule has 1 unspecified atom stereocenters. The molecule has 1 rings (SSSR count). The van der Waals surface area contributed by atoms with Gasteiger partial charge in [0.25, 0.3) is 0 Å². The lowest BCUT2D eigenvalue weighted by molar-refractivity contribution is 0.509. The van der Waals surface area contributed by atoms with Crippen molar-refractivity contribution in [3.8, 4) is 0 Å². The Morgan fingerprint density at radius 2 is 2.21 bits per heavy atom. The standard InChI is InChI=1S/C11H21N3/c1-4-5-14-8-10(7-13-14)11(12)6-9(2)3/h7-9,11H,4-6,12H2,1-3H3. The van der Waals surface area contributed by atoms with Gasteiger partial charge in [-0.2, -0.15) is 5.10 Å². The first kappa shape index (κ1) is 11.2. The summed E-state index contributed by atoms with van der Waals surface area (Å²) < 4.78 is 1.97. The Hall–Kier alpha value is -0.830. The number of aryl methyl sites for hydroxylation is 1. The number of aromatic nitrogens is 2. The molecule has 1 heterocycles. The van der Waals surface area contributed by atoms with Gasteiger partial charge in [0.2, 0.25) is 0 Å². The molecule has 0 saturated carbocycles. The van der Waals surface area contributed by atoms with E-state index in [1.54, 1.807) is 0 Å². The predicted molar refractivity (Wildman–Crippen MR) is 58.9 cm³/mol. The molecule has 0 amide bonds. The Kier molecular flexibility index (Phi) is 4.14. The van der Waals surface area contributed by atoms with Crippen molar-refractivity contribution in [2.75, 3.05) is 0 Å². The fourth-order valence-electron chi connectivity index (χ4n) is 1.57. The molecule has 0 aliphatic carbocycles. The van der Waals surface area contributed by atoms with Crippen molar-refractivity contribution in [2.45, 2.75) is 46.2 Å². The van der Waals surface area contributed by atoms with E-state index >= 15 is 0 Å². The smallest absolute Gasteiger partial charge is 0.0537 e. The summed E-state index contributed by atoms with van der Waals surface area (Å²) in [7, 11) is 0. The molecule has 0 fully saturated rings. The summed E-state index contributed by atoms with van der Waals surface area (Å²) in [5, 5.41) is 4.27. The molecule has 0 spiro atoms. The zero-order valence-electron chi connectivity index (χ0n) is 9.40. The number of rotatable bonds is 5. The van der Waals surface area contributed by atoms with Crippen LogP contribution < -0.4 is 5.73 Å². The molecule has 1 atom stereocenters. The van der Waals surface area contributed by atoms with Gasteiger partial charge in [-0.3, -0.25) is 4.68 Å². The van der Waals surface area contributed by atoms with Crippen molar-refractivity contribution in [3.05, 3.63) is 18.0 Å². The zero-order chi connectivity index (χ0) is 10.6. The summed E-state index contributed by atoms with van der Waals surface area (Å²) in [5.74, 6) is 0.638. The van der Waals surface area contributed by atoms with Gasteiger partial charge >= 0.3 is 0 Å². The highest BCUT2D eigenvalue weighted by Gasteiger charge is 2.09. The maximum absolute atomic E-state index is 6.05. The van der Waals surface area contributed by atoms with Crippen LogP contribution in [0, 0.1) is 5.92 Å². The first-order valence-electron chi connectivity index (χ1n) is 5.41. The number of hydrogen-bond acceptors (Lipinski definition) is 2. The molecule has 2 N–H and O–H groups in total. The molecular formula is C11H21N3. The minimum atomic E-state index is 0.139. The normalized spacial score (nSPS) is 13.5. The monoisotopic (exact) mass is 195 g/mol. The van der Waals surface area contributed by atoms with Gasteiger partial charge in [0.05, 0.1) is 6.20 Å². The largest absolute Gasteiger partial charge is 0.324 e. The van der Waals surface area contributed by atoms with E-state index in [-0.39, 0.29) is 6.04 Å². The second kappa shape index (κ2) is 5.15. The Labute approximate surface area is 86.3 Å². The van der Waals surface area contributed by atoms with Crippen LogP contribution in [0.5, 0.6) is 0 Å². The van der Waals surface area contributed by atoms with Crippen molar-refractivity contribution in [2.24, 2.45) is 11.7 Å². The van der Waals surface area contributed by atoms with Crippen LogP contribution in [-0.4, -0.2) is 9.78 Å². The Morgan fingerprint density at radius 1 is 1.50 bits per heavy atom. The third kappa shape index (κ3) is 3.14. The summed E-state index contributed by atoms with van der Waals surface area (Å²) in [4.78, 5) is 0. The third-order valence-electron chi connectivity index (χ3n) is 2.26. The van der Waals surface area contributed by atoms with Crippen LogP contribution in [0.3, 0.4) is 0 Å². The van der Waals surface area contributed by atoms with Gasteiger partial charge in [-0.1, -0.05) is 20.8 Å². The average molecular weight is 195 g/mol. The van der Waals surface area contributed by atoms with Crippen molar-refractivity contribution < 1.29 is 0 Å². The highest BCUT2D eigenvalue weighted by molar-refractivity contribution is 5.09. The number of nitrogens with zero attached hydrogens (tertiary/aromatic N) is 2. The maximum atomic E-state index is 6.05. The van der Waals surface area contributed by atoms with E-state index < -0.39 is 0 Å². The Balaban J connectivity index is 2.57. The molecule has 0 radical (unpaired) electrons. The van der Waals surface area contributed by atoms with Crippen LogP contribution in [0.15, 0.2) is 12.4 Å². The van der Waals surface area contributed by atoms with Gasteiger partial charge in [-0.05, 0) is 18.8 Å². The maximum Gasteiger partial charge on any atom is 0.0537 e. The molecule has 1 aromatic heterocycles. The van der Waals surface area contributed by atoms with Crippen LogP contribution in [-0.2, 0) is 6.54 Å². The summed E-state index contributed by atoms with van der Waals surface area (Å²) in [6.45, 7) is 7.51. The molecular weight excluding hydrogens is 174 g/mol. The molecule has 0 aliphatic rings. The molecule has 3 heteroatoms. The second-order valence-corrected chi connectivity index (χ2v) is 4.27. The summed E-state index contributed by atoms with van der Waals surface area (Å²) >= 11 is 0. The van der Waals surface area contributed by atoms with E-state index in [4.69, 9.17) is 5.73 Å². The van der Waals surface area contributed by atoms with Crippen molar-refractivity contribution in [3.63, 3.8) is 0 Å². The molecule has 0 aromatic carbocycles. The first-order chi connectivity index (χ1) is 6.63. The third-order valence-corrected chi connectivity index (χ3v) is 2.26. The summed E-state index contributed by atoms with van der Waals surface area (Å²) in [6, 6.07) is 0.139. The molecule has 80 valence electrons. The zero-order valence-corrected chi connectivity index (χ0v) is 9.40. The molecule has 0 aliphatic heterocycles. The topological polar surface area (TPSA) is 43.8 Å². The van der Waals surface area contributed by atoms with Crippen LogP contribution in [0.2, 0.25) is 0 Å². The molecule has 0 bridgehead atoms. The van der Waals surface area contributed by atoms with Gasteiger partial charge in [-0.25, -0.2) is 0 Å². The minimum Gasteiger partial charge on any atom is -0.324 e.